The van der Waals surface area contributed by atoms with Crippen molar-refractivity contribution in [3.63, 3.8) is 0 Å². The average molecular weight is 238 g/mol. The Morgan fingerprint density at radius 3 is 2.21 bits per heavy atom. The fourth-order valence-corrected chi connectivity index (χ4v) is 1.21. The monoisotopic (exact) mass is 238 g/mol. The highest BCUT2D eigenvalue weighted by atomic mass is 32.2. The van der Waals surface area contributed by atoms with Crippen molar-refractivity contribution in [3.8, 4) is 0 Å². The summed E-state index contributed by atoms with van der Waals surface area (Å²) in [5, 5.41) is -5.14. The molecule has 0 amide bonds. The lowest BCUT2D eigenvalue weighted by Gasteiger charge is -2.14. The van der Waals surface area contributed by atoms with Crippen LogP contribution in [0.15, 0.2) is 0 Å². The van der Waals surface area contributed by atoms with Crippen LogP contribution < -0.4 is 0 Å². The first-order valence-electron chi connectivity index (χ1n) is 3.80. The average Bonchev–Trinajstić information content (AvgIpc) is 2.04. The number of hydrogen-bond donors (Lipinski definition) is 0. The summed E-state index contributed by atoms with van der Waals surface area (Å²) in [7, 11) is -5.51. The lowest BCUT2D eigenvalue weighted by atomic mass is 10.4. The first-order valence-corrected chi connectivity index (χ1v) is 5.21. The number of alkyl halides is 4. The van der Waals surface area contributed by atoms with Gasteiger partial charge in [0.15, 0.2) is 0 Å². The highest BCUT2D eigenvalue weighted by Crippen LogP contribution is 2.30. The van der Waals surface area contributed by atoms with Crippen molar-refractivity contribution in [2.24, 2.45) is 0 Å². The number of hydrogen-bond acceptors (Lipinski definition) is 3. The lowest BCUT2D eigenvalue weighted by Crippen LogP contribution is -2.37. The van der Waals surface area contributed by atoms with Crippen molar-refractivity contribution in [2.75, 3.05) is 6.61 Å². The molecule has 0 aliphatic rings. The summed E-state index contributed by atoms with van der Waals surface area (Å²) >= 11 is 0. The molecule has 0 radical (unpaired) electrons. The topological polar surface area (TPSA) is 43.4 Å². The zero-order chi connectivity index (χ0) is 11.4. The molecule has 14 heavy (non-hydrogen) atoms. The van der Waals surface area contributed by atoms with Gasteiger partial charge in [0.25, 0.3) is 0 Å². The Hall–Kier alpha value is -0.370. The maximum Gasteiger partial charge on any atom is 0.428 e. The van der Waals surface area contributed by atoms with E-state index in [1.165, 1.54) is 0 Å². The van der Waals surface area contributed by atoms with Crippen LogP contribution in [0.3, 0.4) is 0 Å². The Morgan fingerprint density at radius 2 is 1.86 bits per heavy atom. The van der Waals surface area contributed by atoms with Gasteiger partial charge < -0.3 is 0 Å². The Balaban J connectivity index is 4.46. The predicted molar refractivity (Wildman–Crippen MR) is 40.7 cm³/mol. The molecule has 0 fully saturated rings. The Bertz CT molecular complexity index is 262. The minimum absolute atomic E-state index is 0.207. The molecule has 3 nitrogen and oxygen atoms in total. The van der Waals surface area contributed by atoms with E-state index in [-0.39, 0.29) is 6.42 Å². The molecule has 0 bridgehead atoms. The highest BCUT2D eigenvalue weighted by Gasteiger charge is 2.55. The van der Waals surface area contributed by atoms with Crippen LogP contribution in [0.2, 0.25) is 0 Å². The van der Waals surface area contributed by atoms with Crippen LogP contribution in [-0.4, -0.2) is 26.7 Å². The molecule has 0 unspecified atom stereocenters. The largest absolute Gasteiger partial charge is 0.428 e. The Labute approximate surface area is 79.2 Å². The van der Waals surface area contributed by atoms with E-state index in [0.29, 0.717) is 6.42 Å². The lowest BCUT2D eigenvalue weighted by molar-refractivity contribution is -0.0708. The second kappa shape index (κ2) is 4.92. The first-order chi connectivity index (χ1) is 6.25. The maximum absolute atomic E-state index is 12.3. The summed E-state index contributed by atoms with van der Waals surface area (Å²) in [5.74, 6) is 0. The molecule has 0 atom stereocenters. The molecule has 0 aromatic heterocycles. The maximum atomic E-state index is 12.3. The normalized spacial score (nSPS) is 13.6. The van der Waals surface area contributed by atoms with Crippen LogP contribution in [0.4, 0.5) is 17.6 Å². The molecule has 0 N–H and O–H groups in total. The Morgan fingerprint density at radius 1 is 1.36 bits per heavy atom. The third-order valence-corrected chi connectivity index (χ3v) is 2.65. The molecule has 8 heteroatoms. The number of halogens is 4. The summed E-state index contributed by atoms with van der Waals surface area (Å²) in [4.78, 5) is 0. The number of rotatable bonds is 6. The predicted octanol–water partition coefficient (Wildman–Crippen LogP) is 1.99. The molecule has 0 aliphatic heterocycles. The van der Waals surface area contributed by atoms with Gasteiger partial charge in [-0.3, -0.25) is 4.18 Å². The van der Waals surface area contributed by atoms with E-state index >= 15 is 0 Å². The smallest absolute Gasteiger partial charge is 0.265 e. The van der Waals surface area contributed by atoms with Crippen LogP contribution in [0.25, 0.3) is 0 Å². The minimum atomic E-state index is -5.51. The van der Waals surface area contributed by atoms with Crippen LogP contribution in [0.1, 0.15) is 19.8 Å². The van der Waals surface area contributed by atoms with Crippen molar-refractivity contribution in [1.29, 1.82) is 0 Å². The van der Waals surface area contributed by atoms with Gasteiger partial charge in [0.1, 0.15) is 0 Å². The van der Waals surface area contributed by atoms with Crippen LogP contribution in [0.5, 0.6) is 0 Å². The van der Waals surface area contributed by atoms with Gasteiger partial charge in [-0.05, 0) is 6.42 Å². The molecular formula is C6H10F4O3S. The Kier molecular flexibility index (Phi) is 4.79. The summed E-state index contributed by atoms with van der Waals surface area (Å²) in [6, 6.07) is 0. The second-order valence-electron chi connectivity index (χ2n) is 2.49. The molecule has 0 spiro atoms. The van der Waals surface area contributed by atoms with E-state index in [1.54, 1.807) is 6.92 Å². The molecule has 0 aliphatic carbocycles. The second-order valence-corrected chi connectivity index (χ2v) is 4.18. The minimum Gasteiger partial charge on any atom is -0.265 e. The van der Waals surface area contributed by atoms with Gasteiger partial charge >= 0.3 is 21.8 Å². The number of unbranched alkanes of at least 4 members (excludes halogenated alkanes) is 1. The van der Waals surface area contributed by atoms with Crippen LogP contribution >= 0.6 is 0 Å². The standard InChI is InChI=1S/C6H10F4O3S/c1-2-3-4-13-14(11,12)6(9,10)5(7)8/h5H,2-4H2,1H3. The molecular weight excluding hydrogens is 228 g/mol. The van der Waals surface area contributed by atoms with E-state index in [9.17, 15) is 26.0 Å². The van der Waals surface area contributed by atoms with Crippen molar-refractivity contribution in [1.82, 2.24) is 0 Å². The van der Waals surface area contributed by atoms with E-state index in [2.05, 4.69) is 4.18 Å². The van der Waals surface area contributed by atoms with Gasteiger partial charge in [0.2, 0.25) is 0 Å². The van der Waals surface area contributed by atoms with Gasteiger partial charge in [-0.2, -0.15) is 17.2 Å². The molecule has 0 aromatic carbocycles. The zero-order valence-corrected chi connectivity index (χ0v) is 8.16. The quantitative estimate of drug-likeness (QED) is 0.404. The van der Waals surface area contributed by atoms with Gasteiger partial charge in [-0.15, -0.1) is 0 Å². The summed E-state index contributed by atoms with van der Waals surface area (Å²) in [5.41, 5.74) is 0. The van der Waals surface area contributed by atoms with Crippen molar-refractivity contribution in [3.05, 3.63) is 0 Å². The molecule has 0 saturated heterocycles. The molecule has 0 rings (SSSR count). The van der Waals surface area contributed by atoms with E-state index in [4.69, 9.17) is 0 Å². The van der Waals surface area contributed by atoms with Gasteiger partial charge in [-0.1, -0.05) is 13.3 Å². The van der Waals surface area contributed by atoms with Crippen LogP contribution in [0, 0.1) is 0 Å². The molecule has 0 heterocycles. The van der Waals surface area contributed by atoms with E-state index < -0.39 is 28.4 Å². The fourth-order valence-electron chi connectivity index (χ4n) is 0.501. The molecule has 86 valence electrons. The zero-order valence-electron chi connectivity index (χ0n) is 7.34. The highest BCUT2D eigenvalue weighted by molar-refractivity contribution is 7.87. The van der Waals surface area contributed by atoms with Crippen molar-refractivity contribution < 1.29 is 30.2 Å². The third-order valence-electron chi connectivity index (χ3n) is 1.32. The van der Waals surface area contributed by atoms with E-state index in [1.807, 2.05) is 0 Å². The summed E-state index contributed by atoms with van der Waals surface area (Å²) < 4.78 is 72.6. The van der Waals surface area contributed by atoms with Crippen molar-refractivity contribution in [2.45, 2.75) is 31.4 Å². The third kappa shape index (κ3) is 3.09. The molecule has 0 saturated carbocycles. The summed E-state index contributed by atoms with van der Waals surface area (Å²) in [6.07, 6.45) is -3.57. The van der Waals surface area contributed by atoms with E-state index in [0.717, 1.165) is 0 Å². The van der Waals surface area contributed by atoms with Crippen LogP contribution in [-0.2, 0) is 14.3 Å². The summed E-state index contributed by atoms with van der Waals surface area (Å²) in [6.45, 7) is 1.16. The van der Waals surface area contributed by atoms with Gasteiger partial charge in [0, 0.05) is 0 Å². The van der Waals surface area contributed by atoms with Gasteiger partial charge in [0.05, 0.1) is 6.61 Å². The first kappa shape index (κ1) is 13.6. The SMILES string of the molecule is CCCCOS(=O)(=O)C(F)(F)C(F)F. The van der Waals surface area contributed by atoms with Gasteiger partial charge in [-0.25, -0.2) is 8.78 Å². The fraction of sp³-hybridized carbons (Fsp3) is 1.00. The molecule has 0 aromatic rings. The van der Waals surface area contributed by atoms with Crippen molar-refractivity contribution >= 4 is 10.1 Å².